The number of hydrogen-bond donors (Lipinski definition) is 3. The minimum atomic E-state index is -0.691. The van der Waals surface area contributed by atoms with Crippen LogP contribution in [0.15, 0.2) is 10.7 Å². The van der Waals surface area contributed by atoms with Crippen molar-refractivity contribution in [1.82, 2.24) is 10.3 Å². The molecule has 19 heavy (non-hydrogen) atoms. The lowest BCUT2D eigenvalue weighted by atomic mass is 10.1. The van der Waals surface area contributed by atoms with Gasteiger partial charge in [0.15, 0.2) is 5.69 Å². The van der Waals surface area contributed by atoms with Crippen LogP contribution < -0.4 is 11.1 Å². The zero-order valence-electron chi connectivity index (χ0n) is 11.6. The van der Waals surface area contributed by atoms with Gasteiger partial charge in [-0.05, 0) is 13.3 Å². The fourth-order valence-electron chi connectivity index (χ4n) is 1.71. The van der Waals surface area contributed by atoms with Crippen LogP contribution >= 0.6 is 0 Å². The van der Waals surface area contributed by atoms with Crippen molar-refractivity contribution in [2.45, 2.75) is 51.6 Å². The summed E-state index contributed by atoms with van der Waals surface area (Å²) < 4.78 is 5.06. The van der Waals surface area contributed by atoms with E-state index in [0.717, 1.165) is 19.3 Å². The average molecular weight is 269 g/mol. The molecule has 4 N–H and O–H groups in total. The van der Waals surface area contributed by atoms with Gasteiger partial charge in [-0.15, -0.1) is 0 Å². The number of carbonyl (C=O) groups excluding carboxylic acids is 1. The topological polar surface area (TPSA) is 101 Å². The smallest absolute Gasteiger partial charge is 0.273 e. The van der Waals surface area contributed by atoms with Crippen molar-refractivity contribution in [1.29, 1.82) is 0 Å². The summed E-state index contributed by atoms with van der Waals surface area (Å²) in [6, 6.07) is -0.589. The first-order chi connectivity index (χ1) is 9.08. The quantitative estimate of drug-likeness (QED) is 0.619. The summed E-state index contributed by atoms with van der Waals surface area (Å²) in [5.41, 5.74) is 5.75. The van der Waals surface area contributed by atoms with Crippen LogP contribution in [0.25, 0.3) is 0 Å². The summed E-state index contributed by atoms with van der Waals surface area (Å²) in [5.74, 6) is -0.101. The fourth-order valence-corrected chi connectivity index (χ4v) is 1.71. The summed E-state index contributed by atoms with van der Waals surface area (Å²) in [5, 5.41) is 11.7. The molecule has 2 unspecified atom stereocenters. The Bertz CT molecular complexity index is 392. The van der Waals surface area contributed by atoms with E-state index < -0.39 is 6.04 Å². The van der Waals surface area contributed by atoms with Crippen molar-refractivity contribution in [2.24, 2.45) is 5.73 Å². The van der Waals surface area contributed by atoms with Crippen LogP contribution in [-0.4, -0.2) is 28.6 Å². The number of nitrogens with two attached hydrogens (primary N) is 1. The molecule has 0 aromatic carbocycles. The molecule has 1 amide bonds. The van der Waals surface area contributed by atoms with E-state index >= 15 is 0 Å². The normalized spacial score (nSPS) is 14.1. The van der Waals surface area contributed by atoms with E-state index in [2.05, 4.69) is 17.2 Å². The molecular formula is C13H23N3O3. The van der Waals surface area contributed by atoms with E-state index in [1.54, 1.807) is 0 Å². The van der Waals surface area contributed by atoms with Gasteiger partial charge >= 0.3 is 0 Å². The highest BCUT2D eigenvalue weighted by Crippen LogP contribution is 2.10. The number of nitrogens with zero attached hydrogens (tertiary/aromatic N) is 1. The predicted octanol–water partition coefficient (Wildman–Crippen LogP) is 1.37. The molecule has 0 aliphatic rings. The Labute approximate surface area is 113 Å². The molecule has 1 rings (SSSR count). The van der Waals surface area contributed by atoms with E-state index in [1.807, 2.05) is 6.92 Å². The second kappa shape index (κ2) is 7.91. The Morgan fingerprint density at radius 2 is 2.32 bits per heavy atom. The van der Waals surface area contributed by atoms with Gasteiger partial charge in [0.05, 0.1) is 6.61 Å². The van der Waals surface area contributed by atoms with E-state index in [9.17, 15) is 4.79 Å². The molecule has 2 atom stereocenters. The number of aliphatic hydroxyl groups is 1. The Hall–Kier alpha value is -1.40. The minimum Gasteiger partial charge on any atom is -0.446 e. The molecule has 1 heterocycles. The third-order valence-corrected chi connectivity index (χ3v) is 2.89. The van der Waals surface area contributed by atoms with Crippen LogP contribution in [0.1, 0.15) is 62.0 Å². The number of aliphatic hydroxyl groups excluding tert-OH is 1. The van der Waals surface area contributed by atoms with Gasteiger partial charge in [-0.3, -0.25) is 4.79 Å². The number of oxazole rings is 1. The number of nitrogens with one attached hydrogen (secondary N) is 1. The molecular weight excluding hydrogens is 246 g/mol. The molecule has 1 aromatic rings. The highest BCUT2D eigenvalue weighted by Gasteiger charge is 2.17. The second-order valence-electron chi connectivity index (χ2n) is 4.73. The van der Waals surface area contributed by atoms with Gasteiger partial charge in [0.25, 0.3) is 5.91 Å². The maximum Gasteiger partial charge on any atom is 0.273 e. The molecule has 0 spiro atoms. The first-order valence-corrected chi connectivity index (χ1v) is 6.71. The molecule has 6 nitrogen and oxygen atoms in total. The molecule has 0 saturated heterocycles. The number of unbranched alkanes of at least 4 members (excludes halogenated alkanes) is 2. The summed E-state index contributed by atoms with van der Waals surface area (Å²) in [6.07, 6.45) is 5.63. The maximum atomic E-state index is 11.9. The third-order valence-electron chi connectivity index (χ3n) is 2.89. The standard InChI is InChI=1S/C13H23N3O3/c1-3-4-5-6-9(2)15-12(18)11-8-19-13(16-11)10(14)7-17/h8-10,17H,3-7,14H2,1-2H3,(H,15,18). The Kier molecular flexibility index (Phi) is 6.52. The lowest BCUT2D eigenvalue weighted by Crippen LogP contribution is -2.32. The van der Waals surface area contributed by atoms with Gasteiger partial charge in [0.1, 0.15) is 12.3 Å². The van der Waals surface area contributed by atoms with Gasteiger partial charge in [0.2, 0.25) is 5.89 Å². The summed E-state index contributed by atoms with van der Waals surface area (Å²) in [4.78, 5) is 15.8. The second-order valence-corrected chi connectivity index (χ2v) is 4.73. The number of rotatable bonds is 8. The van der Waals surface area contributed by atoms with Crippen LogP contribution in [0, 0.1) is 0 Å². The highest BCUT2D eigenvalue weighted by atomic mass is 16.3. The average Bonchev–Trinajstić information content (AvgIpc) is 2.87. The van der Waals surface area contributed by atoms with Gasteiger partial charge in [-0.2, -0.15) is 0 Å². The first kappa shape index (κ1) is 15.7. The van der Waals surface area contributed by atoms with Crippen molar-refractivity contribution < 1.29 is 14.3 Å². The van der Waals surface area contributed by atoms with E-state index in [4.69, 9.17) is 15.3 Å². The predicted molar refractivity (Wildman–Crippen MR) is 71.6 cm³/mol. The van der Waals surface area contributed by atoms with Gasteiger partial charge in [-0.25, -0.2) is 4.98 Å². The van der Waals surface area contributed by atoms with Crippen molar-refractivity contribution in [3.63, 3.8) is 0 Å². The first-order valence-electron chi connectivity index (χ1n) is 6.71. The number of amides is 1. The number of aromatic nitrogens is 1. The van der Waals surface area contributed by atoms with E-state index in [-0.39, 0.29) is 30.1 Å². The molecule has 0 radical (unpaired) electrons. The van der Waals surface area contributed by atoms with Crippen molar-refractivity contribution in [3.05, 3.63) is 17.8 Å². The van der Waals surface area contributed by atoms with Crippen LogP contribution in [0.2, 0.25) is 0 Å². The maximum absolute atomic E-state index is 11.9. The lowest BCUT2D eigenvalue weighted by Gasteiger charge is -2.12. The lowest BCUT2D eigenvalue weighted by molar-refractivity contribution is 0.0932. The largest absolute Gasteiger partial charge is 0.446 e. The Morgan fingerprint density at radius 3 is 2.95 bits per heavy atom. The SMILES string of the molecule is CCCCCC(C)NC(=O)c1coc(C(N)CO)n1. The van der Waals surface area contributed by atoms with Crippen molar-refractivity contribution in [3.8, 4) is 0 Å². The van der Waals surface area contributed by atoms with E-state index in [1.165, 1.54) is 12.7 Å². The third kappa shape index (κ3) is 5.00. The fraction of sp³-hybridized carbons (Fsp3) is 0.692. The van der Waals surface area contributed by atoms with Crippen LogP contribution in [-0.2, 0) is 0 Å². The zero-order valence-corrected chi connectivity index (χ0v) is 11.6. The molecule has 1 aromatic heterocycles. The molecule has 108 valence electrons. The van der Waals surface area contributed by atoms with Gasteiger partial charge < -0.3 is 20.6 Å². The molecule has 0 aliphatic carbocycles. The molecule has 0 fully saturated rings. The van der Waals surface area contributed by atoms with Crippen LogP contribution in [0.3, 0.4) is 0 Å². The van der Waals surface area contributed by atoms with Gasteiger partial charge in [-0.1, -0.05) is 26.2 Å². The Balaban J connectivity index is 2.46. The summed E-state index contributed by atoms with van der Waals surface area (Å²) in [7, 11) is 0. The summed E-state index contributed by atoms with van der Waals surface area (Å²) >= 11 is 0. The molecule has 0 aliphatic heterocycles. The summed E-state index contributed by atoms with van der Waals surface area (Å²) in [6.45, 7) is 3.84. The zero-order chi connectivity index (χ0) is 14.3. The minimum absolute atomic E-state index is 0.103. The molecule has 0 saturated carbocycles. The van der Waals surface area contributed by atoms with E-state index in [0.29, 0.717) is 0 Å². The highest BCUT2D eigenvalue weighted by molar-refractivity contribution is 5.92. The van der Waals surface area contributed by atoms with Gasteiger partial charge in [0, 0.05) is 6.04 Å². The van der Waals surface area contributed by atoms with Crippen molar-refractivity contribution >= 4 is 5.91 Å². The molecule has 0 bridgehead atoms. The van der Waals surface area contributed by atoms with Crippen LogP contribution in [0.5, 0.6) is 0 Å². The monoisotopic (exact) mass is 269 g/mol. The van der Waals surface area contributed by atoms with Crippen LogP contribution in [0.4, 0.5) is 0 Å². The number of hydrogen-bond acceptors (Lipinski definition) is 5. The van der Waals surface area contributed by atoms with Crippen molar-refractivity contribution in [2.75, 3.05) is 6.61 Å². The Morgan fingerprint density at radius 1 is 1.58 bits per heavy atom. The molecule has 6 heteroatoms. The number of carbonyl (C=O) groups is 1.